The Labute approximate surface area is 302 Å². The molecule has 240 valence electrons. The van der Waals surface area contributed by atoms with Gasteiger partial charge in [-0.25, -0.2) is 4.98 Å². The maximum Gasteiger partial charge on any atom is 2.00 e. The molecule has 4 heterocycles. The molecule has 7 heteroatoms. The van der Waals surface area contributed by atoms with Gasteiger partial charge in [0.25, 0.3) is 0 Å². The Morgan fingerprint density at radius 1 is 0.640 bits per heavy atom. The average Bonchev–Trinajstić information content (AvgIpc) is 3.85. The van der Waals surface area contributed by atoms with Crippen LogP contribution in [0.2, 0.25) is 0 Å². The number of aryl methyl sites for hydroxylation is 1. The van der Waals surface area contributed by atoms with Crippen molar-refractivity contribution in [3.05, 3.63) is 158 Å². The van der Waals surface area contributed by atoms with E-state index in [1.165, 1.54) is 0 Å². The van der Waals surface area contributed by atoms with Crippen LogP contribution < -0.4 is 4.90 Å². The molecule has 0 bridgehead atoms. The number of fused-ring (bicyclic) bond motifs is 7. The van der Waals surface area contributed by atoms with Crippen molar-refractivity contribution in [2.45, 2.75) is 0 Å². The minimum atomic E-state index is 0. The van der Waals surface area contributed by atoms with E-state index in [9.17, 15) is 0 Å². The van der Waals surface area contributed by atoms with Crippen LogP contribution in [-0.4, -0.2) is 19.1 Å². The summed E-state index contributed by atoms with van der Waals surface area (Å²) in [6, 6.07) is 51.6. The van der Waals surface area contributed by atoms with E-state index in [2.05, 4.69) is 124 Å². The number of pyridine rings is 1. The summed E-state index contributed by atoms with van der Waals surface area (Å²) in [6.45, 7) is 0. The van der Waals surface area contributed by atoms with Crippen LogP contribution in [0.1, 0.15) is 0 Å². The molecule has 0 amide bonds. The number of para-hydroxylation sites is 2. The van der Waals surface area contributed by atoms with Crippen molar-refractivity contribution < 1.29 is 25.5 Å². The Hall–Kier alpha value is -5.97. The van der Waals surface area contributed by atoms with Crippen molar-refractivity contribution in [2.75, 3.05) is 4.90 Å². The average molecular weight is 825 g/mol. The molecule has 0 atom stereocenters. The maximum atomic E-state index is 6.76. The predicted octanol–water partition coefficient (Wildman–Crippen LogP) is 10.7. The number of imidazole rings is 1. The van der Waals surface area contributed by atoms with E-state index in [0.717, 1.165) is 88.8 Å². The van der Waals surface area contributed by atoms with Gasteiger partial charge in [-0.15, -0.1) is 47.3 Å². The first-order valence-electron chi connectivity index (χ1n) is 16.2. The van der Waals surface area contributed by atoms with Crippen LogP contribution in [0.15, 0.2) is 150 Å². The molecule has 0 radical (unpaired) electrons. The summed E-state index contributed by atoms with van der Waals surface area (Å²) in [5.74, 6) is 1.67. The third kappa shape index (κ3) is 4.60. The molecule has 0 N–H and O–H groups in total. The molecule has 10 aromatic rings. The standard InChI is InChI=1S/C43H27N5O.Pt/c1-46-24-23-45-43(46)29-12-10-13-30(25-29)47(41-32-14-3-2-11-28(32)26-36-35-16-5-7-18-39(35)49-42(36)41)31-20-21-34-33-15-4-6-17-37(33)48(38(34)27-31)40-19-8-9-22-44-40;/h2-24,26H,1H3;/q-2;+2. The molecule has 50 heavy (non-hydrogen) atoms. The molecular formula is C43H27N5OPt. The molecule has 6 nitrogen and oxygen atoms in total. The maximum absolute atomic E-state index is 6.76. The summed E-state index contributed by atoms with van der Waals surface area (Å²) in [4.78, 5) is 11.6. The molecule has 0 saturated carbocycles. The summed E-state index contributed by atoms with van der Waals surface area (Å²) < 4.78 is 11.0. The fourth-order valence-corrected chi connectivity index (χ4v) is 7.17. The van der Waals surface area contributed by atoms with E-state index in [0.29, 0.717) is 0 Å². The van der Waals surface area contributed by atoms with Gasteiger partial charge in [-0.2, -0.15) is 6.07 Å². The topological polar surface area (TPSA) is 52.0 Å². The number of anilines is 3. The molecular weight excluding hydrogens is 798 g/mol. The SMILES string of the molecule is Cn1ccnc1-c1[c-]c(N(c2[c-]c3c(cc2)c2ccccc2n3-c2ccccn2)c2c3ccccc3cc3c2oc2ccccc23)ccc1.[Pt+2]. The number of hydrogen-bond donors (Lipinski definition) is 0. The summed E-state index contributed by atoms with van der Waals surface area (Å²) in [7, 11) is 2.00. The van der Waals surface area contributed by atoms with Crippen LogP contribution in [0.5, 0.6) is 0 Å². The zero-order valence-electron chi connectivity index (χ0n) is 26.8. The third-order valence-electron chi connectivity index (χ3n) is 9.36. The molecule has 0 spiro atoms. The van der Waals surface area contributed by atoms with Gasteiger partial charge < -0.3 is 18.5 Å². The Morgan fingerprint density at radius 2 is 1.42 bits per heavy atom. The van der Waals surface area contributed by atoms with Crippen molar-refractivity contribution in [1.82, 2.24) is 19.1 Å². The molecule has 6 aromatic carbocycles. The van der Waals surface area contributed by atoms with Crippen molar-refractivity contribution >= 4 is 71.6 Å². The normalized spacial score (nSPS) is 11.5. The first kappa shape index (κ1) is 30.1. The van der Waals surface area contributed by atoms with Gasteiger partial charge in [0.05, 0.1) is 11.5 Å². The van der Waals surface area contributed by atoms with E-state index in [1.54, 1.807) is 0 Å². The number of rotatable bonds is 5. The number of furan rings is 1. The van der Waals surface area contributed by atoms with Gasteiger partial charge in [-0.05, 0) is 46.8 Å². The molecule has 10 rings (SSSR count). The van der Waals surface area contributed by atoms with Crippen molar-refractivity contribution in [3.63, 3.8) is 0 Å². The van der Waals surface area contributed by atoms with E-state index in [4.69, 9.17) is 9.40 Å². The number of aromatic nitrogens is 4. The predicted molar refractivity (Wildman–Crippen MR) is 198 cm³/mol. The Balaban J connectivity index is 0.00000336. The molecule has 0 aliphatic carbocycles. The minimum absolute atomic E-state index is 0. The van der Waals surface area contributed by atoms with Gasteiger partial charge in [0.15, 0.2) is 5.58 Å². The monoisotopic (exact) mass is 824 g/mol. The second kappa shape index (κ2) is 11.9. The fourth-order valence-electron chi connectivity index (χ4n) is 7.17. The number of nitrogens with zero attached hydrogens (tertiary/aromatic N) is 5. The van der Waals surface area contributed by atoms with Crippen molar-refractivity contribution in [3.8, 4) is 17.2 Å². The summed E-state index contributed by atoms with van der Waals surface area (Å²) in [6.07, 6.45) is 5.60. The first-order valence-corrected chi connectivity index (χ1v) is 16.2. The third-order valence-corrected chi connectivity index (χ3v) is 9.36. The van der Waals surface area contributed by atoms with Gasteiger partial charge in [0, 0.05) is 47.3 Å². The van der Waals surface area contributed by atoms with Gasteiger partial charge in [-0.1, -0.05) is 77.9 Å². The van der Waals surface area contributed by atoms with E-state index in [-0.39, 0.29) is 21.1 Å². The number of hydrogen-bond acceptors (Lipinski definition) is 4. The smallest absolute Gasteiger partial charge is 0.454 e. The van der Waals surface area contributed by atoms with Crippen LogP contribution in [0, 0.1) is 12.1 Å². The van der Waals surface area contributed by atoms with Crippen LogP contribution in [0.25, 0.3) is 71.7 Å². The van der Waals surface area contributed by atoms with E-state index < -0.39 is 0 Å². The molecule has 0 aliphatic rings. The fraction of sp³-hybridized carbons (Fsp3) is 0.0233. The second-order valence-corrected chi connectivity index (χ2v) is 12.2. The quantitative estimate of drug-likeness (QED) is 0.162. The van der Waals surface area contributed by atoms with Crippen molar-refractivity contribution in [2.24, 2.45) is 7.05 Å². The Kier molecular flexibility index (Phi) is 7.15. The minimum Gasteiger partial charge on any atom is -0.454 e. The molecule has 0 aliphatic heterocycles. The molecule has 4 aromatic heterocycles. The molecule has 0 fully saturated rings. The number of benzene rings is 6. The van der Waals surface area contributed by atoms with Gasteiger partial charge >= 0.3 is 21.1 Å². The van der Waals surface area contributed by atoms with E-state index in [1.807, 2.05) is 60.5 Å². The largest absolute Gasteiger partial charge is 2.00 e. The van der Waals surface area contributed by atoms with Crippen LogP contribution in [0.4, 0.5) is 17.1 Å². The second-order valence-electron chi connectivity index (χ2n) is 12.2. The first-order chi connectivity index (χ1) is 24.2. The zero-order chi connectivity index (χ0) is 32.5. The Morgan fingerprint density at radius 3 is 2.26 bits per heavy atom. The summed E-state index contributed by atoms with van der Waals surface area (Å²) >= 11 is 0. The van der Waals surface area contributed by atoms with Gasteiger partial charge in [0.2, 0.25) is 0 Å². The van der Waals surface area contributed by atoms with Crippen LogP contribution >= 0.6 is 0 Å². The summed E-state index contributed by atoms with van der Waals surface area (Å²) in [5.41, 5.74) is 7.15. The molecule has 0 saturated heterocycles. The van der Waals surface area contributed by atoms with Crippen molar-refractivity contribution in [1.29, 1.82) is 0 Å². The van der Waals surface area contributed by atoms with Crippen LogP contribution in [-0.2, 0) is 28.1 Å². The van der Waals surface area contributed by atoms with E-state index >= 15 is 0 Å². The van der Waals surface area contributed by atoms with Gasteiger partial charge in [-0.3, -0.25) is 4.98 Å². The molecule has 0 unspecified atom stereocenters. The van der Waals surface area contributed by atoms with Gasteiger partial charge in [0.1, 0.15) is 11.4 Å². The Bertz CT molecular complexity index is 2870. The zero-order valence-corrected chi connectivity index (χ0v) is 29.1. The summed E-state index contributed by atoms with van der Waals surface area (Å²) in [5, 5.41) is 6.55. The van der Waals surface area contributed by atoms with Crippen LogP contribution in [0.3, 0.4) is 0 Å².